The van der Waals surface area contributed by atoms with Gasteiger partial charge in [0.25, 0.3) is 0 Å². The van der Waals surface area contributed by atoms with Crippen molar-refractivity contribution in [3.05, 3.63) is 0 Å². The molecule has 16 unspecified atom stereocenters. The highest BCUT2D eigenvalue weighted by Crippen LogP contribution is 2.31. The summed E-state index contributed by atoms with van der Waals surface area (Å²) >= 11 is 0. The van der Waals surface area contributed by atoms with E-state index in [-0.39, 0.29) is 19.3 Å². The molecule has 0 radical (unpaired) electrons. The van der Waals surface area contributed by atoms with E-state index in [1.165, 1.54) is 20.8 Å². The first kappa shape index (κ1) is 58.5. The van der Waals surface area contributed by atoms with Crippen LogP contribution in [0.5, 0.6) is 0 Å². The van der Waals surface area contributed by atoms with Crippen LogP contribution < -0.4 is 49.1 Å². The number of ether oxygens (including phenoxy) is 5. The maximum Gasteiger partial charge on any atom is 0.325 e. The topological polar surface area (TPSA) is 468 Å². The lowest BCUT2D eigenvalue weighted by molar-refractivity contribution is -0.333. The van der Waals surface area contributed by atoms with Crippen LogP contribution in [0, 0.1) is 0 Å². The first-order valence-electron chi connectivity index (χ1n) is 21.4. The molecule has 2 aliphatic heterocycles. The summed E-state index contributed by atoms with van der Waals surface area (Å²) in [5.41, 5.74) is 16.3. The van der Waals surface area contributed by atoms with E-state index in [0.29, 0.717) is 0 Å². The summed E-state index contributed by atoms with van der Waals surface area (Å²) in [6, 6.07) is -9.75. The van der Waals surface area contributed by atoms with Gasteiger partial charge in [-0.3, -0.25) is 47.9 Å². The number of aliphatic hydroxyl groups excluding tert-OH is 4. The second kappa shape index (κ2) is 27.4. The van der Waals surface area contributed by atoms with Gasteiger partial charge in [0.2, 0.25) is 47.3 Å². The monoisotopic (exact) mass is 979 g/mol. The third kappa shape index (κ3) is 18.1. The molecule has 0 saturated carbocycles. The van der Waals surface area contributed by atoms with Gasteiger partial charge in [0.15, 0.2) is 12.6 Å². The highest BCUT2D eigenvalue weighted by atomic mass is 16.7. The average molecular weight is 980 g/mol. The molecule has 8 amide bonds. The van der Waals surface area contributed by atoms with E-state index in [1.807, 2.05) is 0 Å². The van der Waals surface area contributed by atoms with Gasteiger partial charge in [-0.25, -0.2) is 0 Å². The van der Waals surface area contributed by atoms with Crippen LogP contribution in [-0.4, -0.2) is 196 Å². The summed E-state index contributed by atoms with van der Waals surface area (Å²) in [5.74, 6) is -9.18. The van der Waals surface area contributed by atoms with E-state index < -0.39 is 183 Å². The molecule has 2 fully saturated rings. The van der Waals surface area contributed by atoms with Crippen LogP contribution in [0.4, 0.5) is 0 Å². The number of carbonyl (C=O) groups excluding carboxylic acids is 9. The van der Waals surface area contributed by atoms with Gasteiger partial charge in [0.1, 0.15) is 85.6 Å². The maximum atomic E-state index is 13.6. The van der Waals surface area contributed by atoms with E-state index in [2.05, 4.69) is 31.9 Å². The van der Waals surface area contributed by atoms with Gasteiger partial charge in [-0.2, -0.15) is 0 Å². The van der Waals surface area contributed by atoms with Crippen molar-refractivity contribution in [2.75, 3.05) is 13.2 Å². The zero-order valence-corrected chi connectivity index (χ0v) is 38.3. The number of nitrogens with two attached hydrogens (primary N) is 3. The normalized spacial score (nSPS) is 27.3. The third-order valence-electron chi connectivity index (χ3n) is 10.6. The number of nitrogens with one attached hydrogen (secondary N) is 6. The molecule has 29 heteroatoms. The Bertz CT molecular complexity index is 1810. The molecular formula is C39H65N9O20. The van der Waals surface area contributed by atoms with Crippen molar-refractivity contribution in [1.29, 1.82) is 0 Å². The zero-order chi connectivity index (χ0) is 51.7. The molecule has 16 atom stereocenters. The van der Waals surface area contributed by atoms with E-state index in [0.717, 1.165) is 20.8 Å². The fourth-order valence-corrected chi connectivity index (χ4v) is 6.86. The molecule has 2 saturated heterocycles. The third-order valence-corrected chi connectivity index (χ3v) is 10.6. The molecule has 2 rings (SSSR count). The van der Waals surface area contributed by atoms with E-state index in [4.69, 9.17) is 40.9 Å². The molecular weight excluding hydrogens is 914 g/mol. The zero-order valence-electron chi connectivity index (χ0n) is 38.3. The summed E-state index contributed by atoms with van der Waals surface area (Å²) < 4.78 is 28.4. The number of aliphatic carboxylic acids is 1. The quantitative estimate of drug-likeness (QED) is 0.0358. The van der Waals surface area contributed by atoms with E-state index in [9.17, 15) is 73.5 Å². The number of aliphatic hydroxyl groups is 4. The molecule has 0 aromatic heterocycles. The first-order chi connectivity index (χ1) is 31.7. The summed E-state index contributed by atoms with van der Waals surface area (Å²) in [7, 11) is 0. The van der Waals surface area contributed by atoms with Gasteiger partial charge in [-0.05, 0) is 46.5 Å². The Hall–Kier alpha value is -5.66. The van der Waals surface area contributed by atoms with Crippen LogP contribution in [0.15, 0.2) is 0 Å². The van der Waals surface area contributed by atoms with Gasteiger partial charge in [-0.15, -0.1) is 0 Å². The standard InChI is InChI=1S/C39H65N9O20/c1-14(34(58)48-21(33(42)57)10-11-25(53)47-22(9-7-8-20(40)32(41)56)36(60)44-15(2)37(61)62)43-35(59)16(3)65-31-27(46-18(5)51)38(63)66-23(12-49)30(31)68-39-26(45-17(4)50)29(55)28(54)24(67-39)13-64-19(6)52/h14-16,20-24,26-31,38-39,49,54-55,63H,7-13,40H2,1-6H3,(H2,41,56)(H2,42,57)(H,43,59)(H,44,60)(H,45,50)(H,46,51)(H,47,53)(H,48,58)(H,61,62). The van der Waals surface area contributed by atoms with Gasteiger partial charge in [0.05, 0.1) is 12.6 Å². The second-order valence-corrected chi connectivity index (χ2v) is 16.2. The van der Waals surface area contributed by atoms with Gasteiger partial charge < -0.3 is 98.3 Å². The fourth-order valence-electron chi connectivity index (χ4n) is 6.86. The molecule has 0 spiro atoms. The SMILES string of the molecule is CC(=O)NC1C(OC2C(CO)OC(O)C(NC(C)=O)C2OC(C)C(=O)NC(C)C(=O)NC(CCC(=O)NC(CCCC(N)C(N)=O)C(=O)NC(C)C(=O)O)C(N)=O)OC(COC(C)=O)C(O)C1O. The number of carbonyl (C=O) groups is 10. The largest absolute Gasteiger partial charge is 0.480 e. The molecule has 386 valence electrons. The molecule has 68 heavy (non-hydrogen) atoms. The molecule has 0 aliphatic carbocycles. The van der Waals surface area contributed by atoms with E-state index in [1.54, 1.807) is 0 Å². The first-order valence-corrected chi connectivity index (χ1v) is 21.4. The minimum Gasteiger partial charge on any atom is -0.480 e. The number of hydrogen-bond donors (Lipinski definition) is 14. The van der Waals surface area contributed by atoms with Crippen LogP contribution >= 0.6 is 0 Å². The molecule has 2 aliphatic rings. The van der Waals surface area contributed by atoms with Crippen LogP contribution in [0.2, 0.25) is 0 Å². The van der Waals surface area contributed by atoms with Crippen molar-refractivity contribution in [3.63, 3.8) is 0 Å². The summed E-state index contributed by atoms with van der Waals surface area (Å²) in [6.45, 7) is 5.32. The Morgan fingerprint density at radius 3 is 1.82 bits per heavy atom. The molecule has 0 bridgehead atoms. The van der Waals surface area contributed by atoms with Crippen molar-refractivity contribution in [2.45, 2.75) is 171 Å². The van der Waals surface area contributed by atoms with Crippen LogP contribution in [0.1, 0.15) is 73.6 Å². The Balaban J connectivity index is 2.25. The van der Waals surface area contributed by atoms with Crippen LogP contribution in [0.25, 0.3) is 0 Å². The lowest BCUT2D eigenvalue weighted by atomic mass is 9.94. The number of rotatable bonds is 26. The van der Waals surface area contributed by atoms with E-state index >= 15 is 0 Å². The average Bonchev–Trinajstić information content (AvgIpc) is 3.24. The Morgan fingerprint density at radius 1 is 0.676 bits per heavy atom. The highest BCUT2D eigenvalue weighted by Gasteiger charge is 2.53. The Morgan fingerprint density at radius 2 is 1.28 bits per heavy atom. The minimum absolute atomic E-state index is 0.0332. The Kier molecular flexibility index (Phi) is 23.5. The summed E-state index contributed by atoms with van der Waals surface area (Å²) in [4.78, 5) is 124. The number of esters is 1. The number of carboxylic acids is 1. The lowest BCUT2D eigenvalue weighted by Gasteiger charge is -2.48. The van der Waals surface area contributed by atoms with Gasteiger partial charge >= 0.3 is 11.9 Å². The summed E-state index contributed by atoms with van der Waals surface area (Å²) in [6.07, 6.45) is -15.9. The smallest absolute Gasteiger partial charge is 0.325 e. The highest BCUT2D eigenvalue weighted by molar-refractivity contribution is 5.93. The number of hydrogen-bond acceptors (Lipinski definition) is 20. The molecule has 17 N–H and O–H groups in total. The number of carboxylic acid groups (broad SMARTS) is 1. The number of primary amides is 2. The molecule has 0 aromatic rings. The Labute approximate surface area is 389 Å². The van der Waals surface area contributed by atoms with Gasteiger partial charge in [0, 0.05) is 27.2 Å². The van der Waals surface area contributed by atoms with Crippen LogP contribution in [-0.2, 0) is 71.6 Å². The predicted octanol–water partition coefficient (Wildman–Crippen LogP) is -7.81. The fraction of sp³-hybridized carbons (Fsp3) is 0.744. The summed E-state index contributed by atoms with van der Waals surface area (Å²) in [5, 5.41) is 66.3. The van der Waals surface area contributed by atoms with Gasteiger partial charge in [-0.1, -0.05) is 0 Å². The van der Waals surface area contributed by atoms with Crippen molar-refractivity contribution in [3.8, 4) is 0 Å². The number of amides is 8. The molecule has 0 aromatic carbocycles. The lowest BCUT2D eigenvalue weighted by Crippen LogP contribution is -2.70. The van der Waals surface area contributed by atoms with Crippen molar-refractivity contribution >= 4 is 59.2 Å². The molecule has 2 heterocycles. The van der Waals surface area contributed by atoms with Crippen LogP contribution in [0.3, 0.4) is 0 Å². The molecule has 29 nitrogen and oxygen atoms in total. The van der Waals surface area contributed by atoms with Crippen molar-refractivity contribution < 1.29 is 97.2 Å². The predicted molar refractivity (Wildman–Crippen MR) is 226 cm³/mol. The van der Waals surface area contributed by atoms with Crippen molar-refractivity contribution in [1.82, 2.24) is 31.9 Å². The maximum absolute atomic E-state index is 13.6. The van der Waals surface area contributed by atoms with Crippen molar-refractivity contribution in [2.24, 2.45) is 17.2 Å². The second-order valence-electron chi connectivity index (χ2n) is 16.2. The minimum atomic E-state index is -1.91.